The summed E-state index contributed by atoms with van der Waals surface area (Å²) >= 11 is 0. The number of H-pyrrole nitrogens is 1. The van der Waals surface area contributed by atoms with Crippen LogP contribution in [0.15, 0.2) is 36.4 Å². The summed E-state index contributed by atoms with van der Waals surface area (Å²) in [6.07, 6.45) is 7.05. The number of aromatic nitrogens is 2. The molecule has 1 aliphatic heterocycles. The third-order valence-corrected chi connectivity index (χ3v) is 4.58. The molecular formula is C19H22N4O. The smallest absolute Gasteiger partial charge is 0.231 e. The molecule has 0 unspecified atom stereocenters. The van der Waals surface area contributed by atoms with Gasteiger partial charge in [-0.05, 0) is 31.5 Å². The lowest BCUT2D eigenvalue weighted by molar-refractivity contribution is -0.123. The molecule has 0 spiro atoms. The minimum Gasteiger partial charge on any atom is -0.298 e. The van der Waals surface area contributed by atoms with E-state index in [2.05, 4.69) is 21.0 Å². The minimum atomic E-state index is 0.0425. The predicted molar refractivity (Wildman–Crippen MR) is 95.4 cm³/mol. The average Bonchev–Trinajstić information content (AvgIpc) is 3.12. The van der Waals surface area contributed by atoms with Crippen LogP contribution in [-0.4, -0.2) is 47.7 Å². The van der Waals surface area contributed by atoms with Crippen molar-refractivity contribution in [3.05, 3.63) is 36.4 Å². The Labute approximate surface area is 142 Å². The van der Waals surface area contributed by atoms with Crippen molar-refractivity contribution in [2.45, 2.75) is 12.8 Å². The van der Waals surface area contributed by atoms with Crippen molar-refractivity contribution in [2.24, 2.45) is 5.92 Å². The standard InChI is InChI=1S/C19H22N4O/c1-3-11-23-12-9-16(10-13-23)19(24)22(2)18-14-17(20-21-18)15-7-5-4-6-8-15/h1,4-8,14,16H,9-13H2,2H3,(H,20,21). The van der Waals surface area contributed by atoms with Crippen LogP contribution in [0.25, 0.3) is 11.3 Å². The van der Waals surface area contributed by atoms with Crippen LogP contribution < -0.4 is 4.90 Å². The zero-order valence-electron chi connectivity index (χ0n) is 13.9. The van der Waals surface area contributed by atoms with Crippen molar-refractivity contribution in [3.63, 3.8) is 0 Å². The van der Waals surface area contributed by atoms with Gasteiger partial charge in [-0.1, -0.05) is 36.3 Å². The molecule has 5 heteroatoms. The molecule has 124 valence electrons. The second kappa shape index (κ2) is 7.33. The van der Waals surface area contributed by atoms with Crippen molar-refractivity contribution < 1.29 is 4.79 Å². The van der Waals surface area contributed by atoms with Crippen LogP contribution in [0.4, 0.5) is 5.82 Å². The van der Waals surface area contributed by atoms with Gasteiger partial charge in [-0.15, -0.1) is 6.42 Å². The molecule has 1 aliphatic rings. The summed E-state index contributed by atoms with van der Waals surface area (Å²) in [5.74, 6) is 3.49. The highest BCUT2D eigenvalue weighted by atomic mass is 16.2. The van der Waals surface area contributed by atoms with Crippen LogP contribution >= 0.6 is 0 Å². The van der Waals surface area contributed by atoms with Crippen LogP contribution in [-0.2, 0) is 4.79 Å². The predicted octanol–water partition coefficient (Wildman–Crippen LogP) is 2.38. The number of benzene rings is 1. The van der Waals surface area contributed by atoms with Gasteiger partial charge in [-0.2, -0.15) is 5.10 Å². The highest BCUT2D eigenvalue weighted by Gasteiger charge is 2.28. The number of hydrogen-bond donors (Lipinski definition) is 1. The second-order valence-electron chi connectivity index (χ2n) is 6.16. The number of hydrogen-bond acceptors (Lipinski definition) is 3. The van der Waals surface area contributed by atoms with Gasteiger partial charge in [0.25, 0.3) is 0 Å². The lowest BCUT2D eigenvalue weighted by atomic mass is 9.95. The summed E-state index contributed by atoms with van der Waals surface area (Å²) in [5, 5.41) is 7.31. The van der Waals surface area contributed by atoms with Crippen LogP contribution in [0.3, 0.4) is 0 Å². The van der Waals surface area contributed by atoms with E-state index in [1.54, 1.807) is 11.9 Å². The van der Waals surface area contributed by atoms with Gasteiger partial charge in [0.15, 0.2) is 5.82 Å². The number of amides is 1. The maximum absolute atomic E-state index is 12.7. The van der Waals surface area contributed by atoms with E-state index in [9.17, 15) is 4.79 Å². The number of aromatic amines is 1. The Hall–Kier alpha value is -2.58. The first-order valence-corrected chi connectivity index (χ1v) is 8.23. The molecule has 1 fully saturated rings. The SMILES string of the molecule is C#CCN1CCC(C(=O)N(C)c2cc(-c3ccccc3)[nH]n2)CC1. The largest absolute Gasteiger partial charge is 0.298 e. The van der Waals surface area contributed by atoms with E-state index in [0.29, 0.717) is 12.4 Å². The van der Waals surface area contributed by atoms with Crippen LogP contribution in [0, 0.1) is 18.3 Å². The Bertz CT molecular complexity index is 723. The molecule has 0 bridgehead atoms. The van der Waals surface area contributed by atoms with Gasteiger partial charge in [-0.3, -0.25) is 19.7 Å². The lowest BCUT2D eigenvalue weighted by Crippen LogP contribution is -2.41. The van der Waals surface area contributed by atoms with Crippen molar-refractivity contribution in [1.82, 2.24) is 15.1 Å². The number of likely N-dealkylation sites (tertiary alicyclic amines) is 1. The van der Waals surface area contributed by atoms with Crippen molar-refractivity contribution in [3.8, 4) is 23.6 Å². The zero-order chi connectivity index (χ0) is 16.9. The lowest BCUT2D eigenvalue weighted by Gasteiger charge is -2.31. The molecule has 0 saturated carbocycles. The summed E-state index contributed by atoms with van der Waals surface area (Å²) in [5.41, 5.74) is 1.97. The van der Waals surface area contributed by atoms with Crippen molar-refractivity contribution >= 4 is 11.7 Å². The minimum absolute atomic E-state index is 0.0425. The fourth-order valence-electron chi connectivity index (χ4n) is 3.10. The topological polar surface area (TPSA) is 52.2 Å². The molecular weight excluding hydrogens is 300 g/mol. The molecule has 3 rings (SSSR count). The van der Waals surface area contributed by atoms with Gasteiger partial charge in [0.05, 0.1) is 12.2 Å². The number of rotatable bonds is 4. The summed E-state index contributed by atoms with van der Waals surface area (Å²) in [6.45, 7) is 2.42. The summed E-state index contributed by atoms with van der Waals surface area (Å²) < 4.78 is 0. The van der Waals surface area contributed by atoms with Gasteiger partial charge >= 0.3 is 0 Å². The number of carbonyl (C=O) groups is 1. The molecule has 1 aromatic heterocycles. The van der Waals surface area contributed by atoms with Crippen LogP contribution in [0.2, 0.25) is 0 Å². The van der Waals surface area contributed by atoms with Gasteiger partial charge < -0.3 is 0 Å². The number of nitrogens with zero attached hydrogens (tertiary/aromatic N) is 3. The molecule has 2 heterocycles. The zero-order valence-corrected chi connectivity index (χ0v) is 13.9. The molecule has 24 heavy (non-hydrogen) atoms. The third-order valence-electron chi connectivity index (χ3n) is 4.58. The third kappa shape index (κ3) is 3.50. The van der Waals surface area contributed by atoms with Crippen molar-refractivity contribution in [1.29, 1.82) is 0 Å². The van der Waals surface area contributed by atoms with Crippen LogP contribution in [0.1, 0.15) is 12.8 Å². The van der Waals surface area contributed by atoms with Crippen molar-refractivity contribution in [2.75, 3.05) is 31.6 Å². The number of terminal acetylenes is 1. The summed E-state index contributed by atoms with van der Waals surface area (Å²) in [7, 11) is 1.79. The maximum atomic E-state index is 12.7. The molecule has 0 aliphatic carbocycles. The molecule has 1 N–H and O–H groups in total. The van der Waals surface area contributed by atoms with E-state index in [0.717, 1.165) is 37.2 Å². The molecule has 0 atom stereocenters. The van der Waals surface area contributed by atoms with E-state index in [4.69, 9.17) is 6.42 Å². The molecule has 1 saturated heterocycles. The van der Waals surface area contributed by atoms with Gasteiger partial charge in [0, 0.05) is 19.0 Å². The molecule has 0 radical (unpaired) electrons. The summed E-state index contributed by atoms with van der Waals surface area (Å²) in [4.78, 5) is 16.6. The molecule has 5 nitrogen and oxygen atoms in total. The average molecular weight is 322 g/mol. The Morgan fingerprint density at radius 2 is 2.08 bits per heavy atom. The van der Waals surface area contributed by atoms with E-state index in [1.165, 1.54) is 0 Å². The fraction of sp³-hybridized carbons (Fsp3) is 0.368. The number of anilines is 1. The van der Waals surface area contributed by atoms with Gasteiger partial charge in [-0.25, -0.2) is 0 Å². The van der Waals surface area contributed by atoms with Gasteiger partial charge in [0.1, 0.15) is 0 Å². The van der Waals surface area contributed by atoms with E-state index in [1.807, 2.05) is 36.4 Å². The summed E-state index contributed by atoms with van der Waals surface area (Å²) in [6, 6.07) is 11.9. The quantitative estimate of drug-likeness (QED) is 0.879. The Balaban J connectivity index is 1.64. The highest BCUT2D eigenvalue weighted by molar-refractivity contribution is 5.94. The Morgan fingerprint density at radius 1 is 1.38 bits per heavy atom. The van der Waals surface area contributed by atoms with E-state index >= 15 is 0 Å². The maximum Gasteiger partial charge on any atom is 0.231 e. The van der Waals surface area contributed by atoms with E-state index < -0.39 is 0 Å². The molecule has 1 aromatic carbocycles. The monoisotopic (exact) mass is 322 g/mol. The highest BCUT2D eigenvalue weighted by Crippen LogP contribution is 2.24. The first kappa shape index (κ1) is 16.3. The second-order valence-corrected chi connectivity index (χ2v) is 6.16. The Kier molecular flexibility index (Phi) is 4.97. The van der Waals surface area contributed by atoms with E-state index in [-0.39, 0.29) is 11.8 Å². The fourth-order valence-corrected chi connectivity index (χ4v) is 3.10. The molecule has 1 amide bonds. The Morgan fingerprint density at radius 3 is 2.75 bits per heavy atom. The molecule has 2 aromatic rings. The van der Waals surface area contributed by atoms with Gasteiger partial charge in [0.2, 0.25) is 5.91 Å². The first-order valence-electron chi connectivity index (χ1n) is 8.23. The number of carbonyl (C=O) groups excluding carboxylic acids is 1. The first-order chi connectivity index (χ1) is 11.7. The van der Waals surface area contributed by atoms with Crippen LogP contribution in [0.5, 0.6) is 0 Å². The number of nitrogens with one attached hydrogen (secondary N) is 1. The normalized spacial score (nSPS) is 15.8. The number of piperidine rings is 1.